The van der Waals surface area contributed by atoms with Gasteiger partial charge in [0.25, 0.3) is 0 Å². The molecule has 1 aliphatic rings. The topological polar surface area (TPSA) is 81.8 Å². The van der Waals surface area contributed by atoms with Crippen LogP contribution in [0.3, 0.4) is 0 Å². The Morgan fingerprint density at radius 2 is 2.38 bits per heavy atom. The Balaban J connectivity index is 2.45. The van der Waals surface area contributed by atoms with Gasteiger partial charge in [-0.25, -0.2) is 9.18 Å². The lowest BCUT2D eigenvalue weighted by Gasteiger charge is -2.33. The third-order valence-corrected chi connectivity index (χ3v) is 2.40. The molecular weight excluding hydrogens is 217 g/mol. The highest BCUT2D eigenvalue weighted by Gasteiger charge is 2.38. The van der Waals surface area contributed by atoms with Crippen LogP contribution in [-0.4, -0.2) is 17.9 Å². The van der Waals surface area contributed by atoms with Crippen molar-refractivity contribution in [2.75, 3.05) is 6.61 Å². The van der Waals surface area contributed by atoms with E-state index in [4.69, 9.17) is 15.6 Å². The van der Waals surface area contributed by atoms with Gasteiger partial charge >= 0.3 is 6.16 Å². The fraction of sp³-hybridized carbons (Fsp3) is 0.300. The van der Waals surface area contributed by atoms with Gasteiger partial charge in [-0.3, -0.25) is 5.73 Å². The molecule has 0 radical (unpaired) electrons. The molecule has 0 saturated heterocycles. The molecule has 1 aliphatic heterocycles. The summed E-state index contributed by atoms with van der Waals surface area (Å²) < 4.78 is 22.9. The van der Waals surface area contributed by atoms with Gasteiger partial charge in [0.05, 0.1) is 12.2 Å². The highest BCUT2D eigenvalue weighted by Crippen LogP contribution is 2.36. The average Bonchev–Trinajstić information content (AvgIpc) is 2.18. The van der Waals surface area contributed by atoms with E-state index in [0.717, 1.165) is 6.07 Å². The molecular formula is C10H10FNO4. The van der Waals surface area contributed by atoms with Gasteiger partial charge in [-0.2, -0.15) is 0 Å². The molecule has 0 bridgehead atoms. The van der Waals surface area contributed by atoms with Crippen LogP contribution in [0.4, 0.5) is 9.18 Å². The van der Waals surface area contributed by atoms with Gasteiger partial charge < -0.3 is 14.6 Å². The molecule has 0 aromatic heterocycles. The van der Waals surface area contributed by atoms with Crippen molar-refractivity contribution in [2.24, 2.45) is 5.73 Å². The number of rotatable bonds is 1. The molecule has 0 aliphatic carbocycles. The largest absolute Gasteiger partial charge is 0.507 e. The van der Waals surface area contributed by atoms with E-state index in [1.165, 1.54) is 12.1 Å². The number of carboxylic acid groups (broad SMARTS) is 1. The SMILES string of the molecule is NC1(OC(=O)O)CCOc2ccc(F)cc21. The molecule has 3 N–H and O–H groups in total. The Kier molecular flexibility index (Phi) is 2.43. The van der Waals surface area contributed by atoms with Crippen LogP contribution in [0.1, 0.15) is 12.0 Å². The van der Waals surface area contributed by atoms with E-state index >= 15 is 0 Å². The summed E-state index contributed by atoms with van der Waals surface area (Å²) >= 11 is 0. The van der Waals surface area contributed by atoms with Crippen molar-refractivity contribution in [3.05, 3.63) is 29.6 Å². The first-order valence-corrected chi connectivity index (χ1v) is 4.65. The predicted octanol–water partition coefficient (Wildman–Crippen LogP) is 1.41. The summed E-state index contributed by atoms with van der Waals surface area (Å²) in [6, 6.07) is 3.74. The van der Waals surface area contributed by atoms with Crippen LogP contribution < -0.4 is 10.5 Å². The molecule has 1 heterocycles. The van der Waals surface area contributed by atoms with Crippen molar-refractivity contribution in [3.8, 4) is 5.75 Å². The number of halogens is 1. The van der Waals surface area contributed by atoms with E-state index in [1.54, 1.807) is 0 Å². The van der Waals surface area contributed by atoms with Crippen LogP contribution in [-0.2, 0) is 10.5 Å². The van der Waals surface area contributed by atoms with Gasteiger partial charge in [0.2, 0.25) is 0 Å². The second-order valence-corrected chi connectivity index (χ2v) is 3.50. The molecule has 16 heavy (non-hydrogen) atoms. The summed E-state index contributed by atoms with van der Waals surface area (Å²) in [4.78, 5) is 10.5. The molecule has 6 heteroatoms. The summed E-state index contributed by atoms with van der Waals surface area (Å²) in [5, 5.41) is 8.59. The second-order valence-electron chi connectivity index (χ2n) is 3.50. The predicted molar refractivity (Wildman–Crippen MR) is 51.5 cm³/mol. The van der Waals surface area contributed by atoms with E-state index in [2.05, 4.69) is 4.74 Å². The number of nitrogens with two attached hydrogens (primary N) is 1. The van der Waals surface area contributed by atoms with Crippen LogP contribution in [0.5, 0.6) is 5.75 Å². The maximum absolute atomic E-state index is 13.1. The van der Waals surface area contributed by atoms with E-state index in [0.29, 0.717) is 5.75 Å². The minimum atomic E-state index is -1.54. The molecule has 1 aromatic rings. The van der Waals surface area contributed by atoms with E-state index in [9.17, 15) is 9.18 Å². The first-order valence-electron chi connectivity index (χ1n) is 4.65. The second kappa shape index (κ2) is 3.64. The van der Waals surface area contributed by atoms with Gasteiger partial charge in [-0.15, -0.1) is 0 Å². The van der Waals surface area contributed by atoms with Crippen LogP contribution in [0.25, 0.3) is 0 Å². The number of ether oxygens (including phenoxy) is 2. The monoisotopic (exact) mass is 227 g/mol. The molecule has 2 rings (SSSR count). The van der Waals surface area contributed by atoms with Crippen molar-refractivity contribution in [1.29, 1.82) is 0 Å². The molecule has 0 spiro atoms. The maximum atomic E-state index is 13.1. The molecule has 1 aromatic carbocycles. The summed E-state index contributed by atoms with van der Waals surface area (Å²) in [6.45, 7) is 0.225. The van der Waals surface area contributed by atoms with Gasteiger partial charge in [0.1, 0.15) is 11.6 Å². The van der Waals surface area contributed by atoms with E-state index < -0.39 is 17.7 Å². The molecule has 0 saturated carbocycles. The molecule has 1 atom stereocenters. The lowest BCUT2D eigenvalue weighted by molar-refractivity contribution is -0.0420. The van der Waals surface area contributed by atoms with Crippen molar-refractivity contribution in [1.82, 2.24) is 0 Å². The molecule has 86 valence electrons. The van der Waals surface area contributed by atoms with Crippen molar-refractivity contribution >= 4 is 6.16 Å². The smallest absolute Gasteiger partial charge is 0.493 e. The number of hydrogen-bond donors (Lipinski definition) is 2. The van der Waals surface area contributed by atoms with Crippen LogP contribution in [0, 0.1) is 5.82 Å². The third kappa shape index (κ3) is 1.79. The normalized spacial score (nSPS) is 23.1. The van der Waals surface area contributed by atoms with Crippen molar-refractivity contribution in [2.45, 2.75) is 12.1 Å². The Hall–Kier alpha value is -1.82. The first-order chi connectivity index (χ1) is 7.51. The van der Waals surface area contributed by atoms with Crippen LogP contribution in [0.15, 0.2) is 18.2 Å². The quantitative estimate of drug-likeness (QED) is 0.560. The Morgan fingerprint density at radius 1 is 1.62 bits per heavy atom. The van der Waals surface area contributed by atoms with Crippen molar-refractivity contribution < 1.29 is 23.8 Å². The number of hydrogen-bond acceptors (Lipinski definition) is 4. The van der Waals surface area contributed by atoms with Gasteiger partial charge in [-0.1, -0.05) is 0 Å². The summed E-state index contributed by atoms with van der Waals surface area (Å²) in [5.41, 5.74) is 4.46. The van der Waals surface area contributed by atoms with Gasteiger partial charge in [-0.05, 0) is 18.2 Å². The fourth-order valence-electron chi connectivity index (χ4n) is 1.67. The molecule has 1 unspecified atom stereocenters. The minimum Gasteiger partial charge on any atom is -0.493 e. The average molecular weight is 227 g/mol. The number of carbonyl (C=O) groups is 1. The third-order valence-electron chi connectivity index (χ3n) is 2.40. The zero-order valence-electron chi connectivity index (χ0n) is 8.27. The Morgan fingerprint density at radius 3 is 3.06 bits per heavy atom. The summed E-state index contributed by atoms with van der Waals surface area (Å²) in [6.07, 6.45) is -1.35. The molecule has 0 amide bonds. The first kappa shape index (κ1) is 10.7. The highest BCUT2D eigenvalue weighted by molar-refractivity contribution is 5.58. The zero-order chi connectivity index (χ0) is 11.8. The zero-order valence-corrected chi connectivity index (χ0v) is 8.27. The Bertz CT molecular complexity index is 437. The Labute approximate surface area is 90.6 Å². The van der Waals surface area contributed by atoms with Crippen LogP contribution >= 0.6 is 0 Å². The van der Waals surface area contributed by atoms with E-state index in [-0.39, 0.29) is 18.6 Å². The molecule has 5 nitrogen and oxygen atoms in total. The standard InChI is InChI=1S/C10H10FNO4/c11-6-1-2-8-7(5-6)10(12,3-4-15-8)16-9(13)14/h1-2,5H,3-4,12H2,(H,13,14). The number of benzene rings is 1. The summed E-state index contributed by atoms with van der Waals surface area (Å²) in [5.74, 6) is -0.176. The lowest BCUT2D eigenvalue weighted by Crippen LogP contribution is -2.45. The minimum absolute atomic E-state index is 0.149. The fourth-order valence-corrected chi connectivity index (χ4v) is 1.67. The van der Waals surface area contributed by atoms with E-state index in [1.807, 2.05) is 0 Å². The number of fused-ring (bicyclic) bond motifs is 1. The maximum Gasteiger partial charge on any atom is 0.507 e. The molecule has 0 fully saturated rings. The van der Waals surface area contributed by atoms with Gasteiger partial charge in [0.15, 0.2) is 5.72 Å². The van der Waals surface area contributed by atoms with Gasteiger partial charge in [0, 0.05) is 6.42 Å². The van der Waals surface area contributed by atoms with Crippen molar-refractivity contribution in [3.63, 3.8) is 0 Å². The lowest BCUT2D eigenvalue weighted by atomic mass is 9.97. The van der Waals surface area contributed by atoms with Crippen LogP contribution in [0.2, 0.25) is 0 Å². The highest BCUT2D eigenvalue weighted by atomic mass is 19.1. The summed E-state index contributed by atoms with van der Waals surface area (Å²) in [7, 11) is 0.